The van der Waals surface area contributed by atoms with E-state index in [0.29, 0.717) is 41.2 Å². The fourth-order valence-electron chi connectivity index (χ4n) is 4.86. The van der Waals surface area contributed by atoms with Crippen LogP contribution < -0.4 is 10.0 Å². The van der Waals surface area contributed by atoms with Gasteiger partial charge in [-0.2, -0.15) is 0 Å². The molecule has 7 nitrogen and oxygen atoms in total. The highest BCUT2D eigenvalue weighted by Crippen LogP contribution is 2.45. The van der Waals surface area contributed by atoms with E-state index in [1.54, 1.807) is 31.3 Å². The molecule has 1 saturated carbocycles. The summed E-state index contributed by atoms with van der Waals surface area (Å²) in [5.41, 5.74) is 2.16. The van der Waals surface area contributed by atoms with Gasteiger partial charge in [-0.3, -0.25) is 14.3 Å². The van der Waals surface area contributed by atoms with Crippen molar-refractivity contribution in [1.82, 2.24) is 5.32 Å². The average molecular weight is 505 g/mol. The van der Waals surface area contributed by atoms with Gasteiger partial charge in [0.25, 0.3) is 0 Å². The van der Waals surface area contributed by atoms with Crippen LogP contribution in [0.5, 0.6) is 0 Å². The van der Waals surface area contributed by atoms with Crippen molar-refractivity contribution in [3.63, 3.8) is 0 Å². The van der Waals surface area contributed by atoms with Gasteiger partial charge in [-0.15, -0.1) is 0 Å². The van der Waals surface area contributed by atoms with E-state index >= 15 is 0 Å². The Bertz CT molecular complexity index is 1220. The summed E-state index contributed by atoms with van der Waals surface area (Å²) in [5, 5.41) is 3.20. The summed E-state index contributed by atoms with van der Waals surface area (Å²) in [6, 6.07) is 10.5. The molecule has 1 heterocycles. The molecule has 1 saturated heterocycles. The first-order valence-electron chi connectivity index (χ1n) is 11.5. The largest absolute Gasteiger partial charge is 0.450 e. The molecule has 34 heavy (non-hydrogen) atoms. The molecule has 0 amide bonds. The highest BCUT2D eigenvalue weighted by atomic mass is 35.5. The number of aryl methyl sites for hydroxylation is 1. The van der Waals surface area contributed by atoms with Gasteiger partial charge in [0.2, 0.25) is 10.0 Å². The summed E-state index contributed by atoms with van der Waals surface area (Å²) in [7, 11) is -1.80. The molecule has 0 bridgehead atoms. The first-order valence-corrected chi connectivity index (χ1v) is 13.5. The van der Waals surface area contributed by atoms with Crippen LogP contribution in [0, 0.1) is 6.92 Å². The van der Waals surface area contributed by atoms with Gasteiger partial charge in [-0.25, -0.2) is 8.42 Å². The topological polar surface area (TPSA) is 102 Å². The second kappa shape index (κ2) is 9.68. The summed E-state index contributed by atoms with van der Waals surface area (Å²) in [5.74, 6) is -1.68. The van der Waals surface area contributed by atoms with E-state index < -0.39 is 27.5 Å². The lowest BCUT2D eigenvalue weighted by Gasteiger charge is -2.29. The number of hydrogen-bond acceptors (Lipinski definition) is 6. The van der Waals surface area contributed by atoms with Crippen LogP contribution in [0.15, 0.2) is 36.4 Å². The lowest BCUT2D eigenvalue weighted by molar-refractivity contribution is -0.154. The molecule has 1 unspecified atom stereocenters. The summed E-state index contributed by atoms with van der Waals surface area (Å²) < 4.78 is 32.8. The number of ketones is 1. The minimum Gasteiger partial charge on any atom is -0.450 e. The van der Waals surface area contributed by atoms with Crippen molar-refractivity contribution in [2.75, 3.05) is 24.1 Å². The molecule has 1 aliphatic carbocycles. The van der Waals surface area contributed by atoms with Crippen LogP contribution in [0.4, 0.5) is 5.69 Å². The number of nitrogens with one attached hydrogen (secondary N) is 2. The normalized spacial score (nSPS) is 19.9. The highest BCUT2D eigenvalue weighted by Gasteiger charge is 2.55. The SMILES string of the molecule is CNCCS(=O)(=O)Nc1cccc(-c2cc(C)c(C3C(=O)OC4(CCCCC4)C3=O)cc2Cl)c1. The fraction of sp³-hybridized carbons (Fsp3) is 0.440. The molecule has 1 spiro atoms. The smallest absolute Gasteiger partial charge is 0.322 e. The first kappa shape index (κ1) is 24.7. The molecule has 182 valence electrons. The van der Waals surface area contributed by atoms with E-state index in [-0.39, 0.29) is 11.5 Å². The maximum absolute atomic E-state index is 13.3. The minimum absolute atomic E-state index is 0.0463. The van der Waals surface area contributed by atoms with Crippen molar-refractivity contribution in [1.29, 1.82) is 0 Å². The van der Waals surface area contributed by atoms with Gasteiger partial charge < -0.3 is 10.1 Å². The summed E-state index contributed by atoms with van der Waals surface area (Å²) in [6.07, 6.45) is 3.95. The van der Waals surface area contributed by atoms with Crippen LogP contribution in [0.2, 0.25) is 5.02 Å². The predicted octanol–water partition coefficient (Wildman–Crippen LogP) is 4.19. The maximum atomic E-state index is 13.3. The monoisotopic (exact) mass is 504 g/mol. The number of anilines is 1. The zero-order valence-corrected chi connectivity index (χ0v) is 20.9. The first-order chi connectivity index (χ1) is 16.2. The number of hydrogen-bond donors (Lipinski definition) is 2. The molecule has 1 atom stereocenters. The van der Waals surface area contributed by atoms with Gasteiger partial charge in [0.1, 0.15) is 5.92 Å². The third-order valence-electron chi connectivity index (χ3n) is 6.64. The van der Waals surface area contributed by atoms with Crippen molar-refractivity contribution in [3.8, 4) is 11.1 Å². The van der Waals surface area contributed by atoms with Gasteiger partial charge in [0.05, 0.1) is 5.75 Å². The number of carbonyl (C=O) groups excluding carboxylic acids is 2. The Morgan fingerprint density at radius 1 is 1.12 bits per heavy atom. The van der Waals surface area contributed by atoms with Crippen LogP contribution in [-0.4, -0.2) is 45.1 Å². The molecule has 2 N–H and O–H groups in total. The number of halogens is 1. The second-order valence-corrected chi connectivity index (χ2v) is 11.3. The van der Waals surface area contributed by atoms with Gasteiger partial charge in [0.15, 0.2) is 11.4 Å². The Kier molecular flexibility index (Phi) is 7.03. The van der Waals surface area contributed by atoms with Crippen LogP contribution >= 0.6 is 11.6 Å². The number of carbonyl (C=O) groups is 2. The van der Waals surface area contributed by atoms with E-state index in [1.807, 2.05) is 19.1 Å². The van der Waals surface area contributed by atoms with E-state index in [9.17, 15) is 18.0 Å². The number of benzene rings is 2. The lowest BCUT2D eigenvalue weighted by Crippen LogP contribution is -2.39. The van der Waals surface area contributed by atoms with Crippen molar-refractivity contribution < 1.29 is 22.7 Å². The average Bonchev–Trinajstić information content (AvgIpc) is 3.03. The van der Waals surface area contributed by atoms with Crippen LogP contribution in [0.3, 0.4) is 0 Å². The Morgan fingerprint density at radius 2 is 1.85 bits per heavy atom. The Balaban J connectivity index is 1.63. The number of Topliss-reactive ketones (excluding diaryl/α,β-unsaturated/α-hetero) is 1. The highest BCUT2D eigenvalue weighted by molar-refractivity contribution is 7.92. The number of sulfonamides is 1. The van der Waals surface area contributed by atoms with E-state index in [0.717, 1.165) is 30.4 Å². The zero-order chi connectivity index (χ0) is 24.5. The van der Waals surface area contributed by atoms with Gasteiger partial charge in [-0.05, 0) is 80.6 Å². The van der Waals surface area contributed by atoms with Gasteiger partial charge in [0, 0.05) is 22.8 Å². The van der Waals surface area contributed by atoms with Crippen molar-refractivity contribution >= 4 is 39.1 Å². The Morgan fingerprint density at radius 3 is 2.56 bits per heavy atom. The molecule has 0 aromatic heterocycles. The molecular weight excluding hydrogens is 476 g/mol. The lowest BCUT2D eigenvalue weighted by atomic mass is 9.77. The Labute approximate surface area is 205 Å². The minimum atomic E-state index is -3.49. The van der Waals surface area contributed by atoms with Gasteiger partial charge in [-0.1, -0.05) is 30.2 Å². The van der Waals surface area contributed by atoms with Crippen molar-refractivity contribution in [2.45, 2.75) is 50.5 Å². The maximum Gasteiger partial charge on any atom is 0.322 e. The van der Waals surface area contributed by atoms with Crippen LogP contribution in [0.1, 0.15) is 49.1 Å². The molecule has 1 aliphatic heterocycles. The Hall–Kier alpha value is -2.42. The van der Waals surface area contributed by atoms with E-state index in [4.69, 9.17) is 16.3 Å². The summed E-state index contributed by atoms with van der Waals surface area (Å²) in [6.45, 7) is 2.18. The van der Waals surface area contributed by atoms with E-state index in [2.05, 4.69) is 10.0 Å². The molecule has 2 aliphatic rings. The van der Waals surface area contributed by atoms with Crippen LogP contribution in [0.25, 0.3) is 11.1 Å². The standard InChI is InChI=1S/C25H29ClN2O5S/c1-16-13-20(17-7-6-8-18(14-17)28-34(31,32)12-11-27-2)21(26)15-19(16)22-23(29)25(33-24(22)30)9-4-3-5-10-25/h6-8,13-15,22,27-28H,3-5,9-12H2,1-2H3. The third-order valence-corrected chi connectivity index (χ3v) is 8.24. The fourth-order valence-corrected chi connectivity index (χ4v) is 6.20. The molecule has 0 radical (unpaired) electrons. The third kappa shape index (κ3) is 4.85. The molecule has 2 aromatic rings. The number of rotatable bonds is 7. The summed E-state index contributed by atoms with van der Waals surface area (Å²) in [4.78, 5) is 26.1. The molecule has 2 fully saturated rings. The predicted molar refractivity (Wildman–Crippen MR) is 133 cm³/mol. The number of ether oxygens (including phenoxy) is 1. The van der Waals surface area contributed by atoms with E-state index in [1.165, 1.54) is 0 Å². The quantitative estimate of drug-likeness (QED) is 0.433. The van der Waals surface area contributed by atoms with Gasteiger partial charge >= 0.3 is 5.97 Å². The molecular formula is C25H29ClN2O5S. The summed E-state index contributed by atoms with van der Waals surface area (Å²) >= 11 is 6.63. The molecule has 9 heteroatoms. The van der Waals surface area contributed by atoms with Crippen molar-refractivity contribution in [2.24, 2.45) is 0 Å². The van der Waals surface area contributed by atoms with Crippen LogP contribution in [-0.2, 0) is 24.3 Å². The zero-order valence-electron chi connectivity index (χ0n) is 19.3. The second-order valence-electron chi connectivity index (χ2n) is 9.07. The van der Waals surface area contributed by atoms with Crippen molar-refractivity contribution in [3.05, 3.63) is 52.5 Å². The molecule has 4 rings (SSSR count). The molecule has 2 aromatic carbocycles. The number of esters is 1.